The first-order chi connectivity index (χ1) is 9.54. The van der Waals surface area contributed by atoms with Gasteiger partial charge in [0.1, 0.15) is 0 Å². The van der Waals surface area contributed by atoms with Crippen LogP contribution >= 0.6 is 11.6 Å². The maximum Gasteiger partial charge on any atom is 0.0406 e. The average Bonchev–Trinajstić information content (AvgIpc) is 2.42. The van der Waals surface area contributed by atoms with Crippen molar-refractivity contribution in [2.45, 2.75) is 45.2 Å². The number of benzene rings is 1. The molecule has 0 spiro atoms. The molecule has 2 nitrogen and oxygen atoms in total. The lowest BCUT2D eigenvalue weighted by Gasteiger charge is -2.34. The molecule has 2 unspecified atom stereocenters. The van der Waals surface area contributed by atoms with E-state index in [2.05, 4.69) is 43.2 Å². The lowest BCUT2D eigenvalue weighted by atomic mass is 9.90. The Hall–Kier alpha value is -0.570. The highest BCUT2D eigenvalue weighted by molar-refractivity contribution is 6.30. The number of piperidine rings is 1. The third-order valence-electron chi connectivity index (χ3n) is 4.47. The molecule has 0 aliphatic carbocycles. The Kier molecular flexibility index (Phi) is 5.88. The number of nitrogens with one attached hydrogen (secondary N) is 1. The smallest absolute Gasteiger partial charge is 0.0406 e. The first kappa shape index (κ1) is 15.8. The summed E-state index contributed by atoms with van der Waals surface area (Å²) in [6, 6.07) is 9.31. The molecule has 2 rings (SSSR count). The van der Waals surface area contributed by atoms with E-state index in [1.165, 1.54) is 31.5 Å². The second-order valence-electron chi connectivity index (χ2n) is 6.33. The van der Waals surface area contributed by atoms with Gasteiger partial charge in [0.25, 0.3) is 0 Å². The number of likely N-dealkylation sites (tertiary alicyclic amines) is 1. The molecule has 1 aromatic rings. The number of hydrogen-bond acceptors (Lipinski definition) is 2. The summed E-state index contributed by atoms with van der Waals surface area (Å²) in [5, 5.41) is 4.59. The van der Waals surface area contributed by atoms with E-state index in [1.54, 1.807) is 0 Å². The van der Waals surface area contributed by atoms with E-state index in [4.69, 9.17) is 11.6 Å². The highest BCUT2D eigenvalue weighted by Gasteiger charge is 2.23. The SMILES string of the molecule is CC(Cc1ccc(Cl)cc1)NC(C)C1CCN(C)CC1. The summed E-state index contributed by atoms with van der Waals surface area (Å²) < 4.78 is 0. The molecule has 1 fully saturated rings. The van der Waals surface area contributed by atoms with Crippen molar-refractivity contribution in [3.8, 4) is 0 Å². The summed E-state index contributed by atoms with van der Waals surface area (Å²) in [4.78, 5) is 2.43. The van der Waals surface area contributed by atoms with Gasteiger partial charge in [0.2, 0.25) is 0 Å². The van der Waals surface area contributed by atoms with Crippen LogP contribution in [0.25, 0.3) is 0 Å². The van der Waals surface area contributed by atoms with Crippen molar-refractivity contribution < 1.29 is 0 Å². The minimum atomic E-state index is 0.505. The highest BCUT2D eigenvalue weighted by Crippen LogP contribution is 2.20. The van der Waals surface area contributed by atoms with Crippen LogP contribution in [0.3, 0.4) is 0 Å². The van der Waals surface area contributed by atoms with Gasteiger partial charge in [0.15, 0.2) is 0 Å². The number of halogens is 1. The number of rotatable bonds is 5. The maximum absolute atomic E-state index is 5.93. The van der Waals surface area contributed by atoms with E-state index in [0.29, 0.717) is 12.1 Å². The van der Waals surface area contributed by atoms with E-state index in [-0.39, 0.29) is 0 Å². The molecule has 1 aromatic carbocycles. The molecular formula is C17H27ClN2. The molecule has 0 saturated carbocycles. The summed E-state index contributed by atoms with van der Waals surface area (Å²) in [5.74, 6) is 0.818. The van der Waals surface area contributed by atoms with Crippen LogP contribution in [0.2, 0.25) is 5.02 Å². The largest absolute Gasteiger partial charge is 0.311 e. The Morgan fingerprint density at radius 1 is 1.20 bits per heavy atom. The summed E-state index contributed by atoms with van der Waals surface area (Å²) in [6.07, 6.45) is 3.70. The standard InChI is InChI=1S/C17H27ClN2/c1-13(12-15-4-6-17(18)7-5-15)19-14(2)16-8-10-20(3)11-9-16/h4-7,13-14,16,19H,8-12H2,1-3H3. The zero-order valence-corrected chi connectivity index (χ0v) is 13.7. The molecule has 3 heteroatoms. The second kappa shape index (κ2) is 7.44. The third kappa shape index (κ3) is 4.76. The lowest BCUT2D eigenvalue weighted by molar-refractivity contribution is 0.185. The van der Waals surface area contributed by atoms with Crippen LogP contribution in [-0.4, -0.2) is 37.1 Å². The average molecular weight is 295 g/mol. The summed E-state index contributed by atoms with van der Waals surface area (Å²) in [6.45, 7) is 7.10. The molecule has 2 atom stereocenters. The molecule has 0 amide bonds. The predicted molar refractivity (Wildman–Crippen MR) is 87.4 cm³/mol. The predicted octanol–water partition coefficient (Wildman–Crippen LogP) is 3.59. The van der Waals surface area contributed by atoms with E-state index in [9.17, 15) is 0 Å². The van der Waals surface area contributed by atoms with E-state index in [1.807, 2.05) is 12.1 Å². The Bertz CT molecular complexity index is 396. The van der Waals surface area contributed by atoms with Crippen molar-refractivity contribution >= 4 is 11.6 Å². The van der Waals surface area contributed by atoms with Crippen molar-refractivity contribution in [2.24, 2.45) is 5.92 Å². The molecule has 112 valence electrons. The normalized spacial score (nSPS) is 20.8. The van der Waals surface area contributed by atoms with Crippen LogP contribution < -0.4 is 5.32 Å². The van der Waals surface area contributed by atoms with Gasteiger partial charge in [0.05, 0.1) is 0 Å². The molecule has 1 heterocycles. The zero-order chi connectivity index (χ0) is 14.5. The van der Waals surface area contributed by atoms with Crippen LogP contribution in [0.4, 0.5) is 0 Å². The van der Waals surface area contributed by atoms with Crippen LogP contribution in [0.1, 0.15) is 32.3 Å². The van der Waals surface area contributed by atoms with Crippen LogP contribution in [-0.2, 0) is 6.42 Å². The summed E-state index contributed by atoms with van der Waals surface area (Å²) in [7, 11) is 2.22. The van der Waals surface area contributed by atoms with Gasteiger partial charge >= 0.3 is 0 Å². The topological polar surface area (TPSA) is 15.3 Å². The zero-order valence-electron chi connectivity index (χ0n) is 12.9. The van der Waals surface area contributed by atoms with Gasteiger partial charge in [-0.1, -0.05) is 23.7 Å². The maximum atomic E-state index is 5.93. The van der Waals surface area contributed by atoms with Crippen molar-refractivity contribution in [1.29, 1.82) is 0 Å². The van der Waals surface area contributed by atoms with Gasteiger partial charge in [-0.25, -0.2) is 0 Å². The molecule has 1 N–H and O–H groups in total. The van der Waals surface area contributed by atoms with Crippen molar-refractivity contribution in [1.82, 2.24) is 10.2 Å². The fourth-order valence-electron chi connectivity index (χ4n) is 3.15. The van der Waals surface area contributed by atoms with Crippen molar-refractivity contribution in [2.75, 3.05) is 20.1 Å². The van der Waals surface area contributed by atoms with Gasteiger partial charge in [0, 0.05) is 17.1 Å². The van der Waals surface area contributed by atoms with Gasteiger partial charge in [-0.3, -0.25) is 0 Å². The van der Waals surface area contributed by atoms with E-state index < -0.39 is 0 Å². The summed E-state index contributed by atoms with van der Waals surface area (Å²) >= 11 is 5.93. The lowest BCUT2D eigenvalue weighted by Crippen LogP contribution is -2.44. The Morgan fingerprint density at radius 3 is 2.40 bits per heavy atom. The quantitative estimate of drug-likeness (QED) is 0.893. The van der Waals surface area contributed by atoms with Gasteiger partial charge in [-0.2, -0.15) is 0 Å². The molecule has 0 bridgehead atoms. The first-order valence-corrected chi connectivity index (χ1v) is 8.11. The monoisotopic (exact) mass is 294 g/mol. The molecule has 1 aliphatic heterocycles. The molecule has 0 radical (unpaired) electrons. The minimum Gasteiger partial charge on any atom is -0.311 e. The number of hydrogen-bond donors (Lipinski definition) is 1. The third-order valence-corrected chi connectivity index (χ3v) is 4.72. The highest BCUT2D eigenvalue weighted by atomic mass is 35.5. The molecule has 1 saturated heterocycles. The molecule has 0 aromatic heterocycles. The molecule has 1 aliphatic rings. The molecule has 20 heavy (non-hydrogen) atoms. The fourth-order valence-corrected chi connectivity index (χ4v) is 3.27. The van der Waals surface area contributed by atoms with Crippen LogP contribution in [0.5, 0.6) is 0 Å². The van der Waals surface area contributed by atoms with Gasteiger partial charge < -0.3 is 10.2 Å². The number of nitrogens with zero attached hydrogens (tertiary/aromatic N) is 1. The second-order valence-corrected chi connectivity index (χ2v) is 6.76. The van der Waals surface area contributed by atoms with E-state index in [0.717, 1.165) is 17.4 Å². The summed E-state index contributed by atoms with van der Waals surface area (Å²) in [5.41, 5.74) is 1.35. The first-order valence-electron chi connectivity index (χ1n) is 7.73. The van der Waals surface area contributed by atoms with Crippen molar-refractivity contribution in [3.63, 3.8) is 0 Å². The van der Waals surface area contributed by atoms with Crippen LogP contribution in [0.15, 0.2) is 24.3 Å². The fraction of sp³-hybridized carbons (Fsp3) is 0.647. The van der Waals surface area contributed by atoms with Gasteiger partial charge in [-0.05, 0) is 76.9 Å². The Balaban J connectivity index is 1.78. The van der Waals surface area contributed by atoms with Crippen molar-refractivity contribution in [3.05, 3.63) is 34.9 Å². The molecular weight excluding hydrogens is 268 g/mol. The Morgan fingerprint density at radius 2 is 1.80 bits per heavy atom. The van der Waals surface area contributed by atoms with Gasteiger partial charge in [-0.15, -0.1) is 0 Å². The van der Waals surface area contributed by atoms with E-state index >= 15 is 0 Å². The Labute approximate surface area is 128 Å². The van der Waals surface area contributed by atoms with Crippen LogP contribution in [0, 0.1) is 5.92 Å². The minimum absolute atomic E-state index is 0.505.